The molecule has 0 aliphatic heterocycles. The number of aliphatic hydroxyl groups excluding tert-OH is 1. The first kappa shape index (κ1) is 12.5. The Labute approximate surface area is 89.5 Å². The van der Waals surface area contributed by atoms with Crippen LogP contribution in [-0.2, 0) is 17.5 Å². The standard InChI is InChI=1S/C10H9F3O3/c1-16-9(15)8-4-7(10(11,12)13)3-2-6(8)5-14/h2-4,14H,5H2,1H3. The number of carbonyl (C=O) groups excluding carboxylic acids is 1. The summed E-state index contributed by atoms with van der Waals surface area (Å²) in [4.78, 5) is 11.2. The summed E-state index contributed by atoms with van der Waals surface area (Å²) in [5.41, 5.74) is -1.13. The first-order chi connectivity index (χ1) is 7.40. The molecule has 3 nitrogen and oxygen atoms in total. The van der Waals surface area contributed by atoms with E-state index < -0.39 is 24.3 Å². The summed E-state index contributed by atoms with van der Waals surface area (Å²) in [6, 6.07) is 2.52. The van der Waals surface area contributed by atoms with Crippen LogP contribution in [0.15, 0.2) is 18.2 Å². The van der Waals surface area contributed by atoms with E-state index in [0.717, 1.165) is 19.2 Å². The molecular weight excluding hydrogens is 225 g/mol. The summed E-state index contributed by atoms with van der Waals surface area (Å²) >= 11 is 0. The number of benzene rings is 1. The predicted octanol–water partition coefficient (Wildman–Crippen LogP) is 1.98. The molecule has 0 amide bonds. The molecule has 1 rings (SSSR count). The second kappa shape index (κ2) is 4.52. The molecule has 0 saturated carbocycles. The first-order valence-electron chi connectivity index (χ1n) is 4.29. The zero-order valence-corrected chi connectivity index (χ0v) is 8.34. The van der Waals surface area contributed by atoms with Crippen LogP contribution in [0.2, 0.25) is 0 Å². The fourth-order valence-electron chi connectivity index (χ4n) is 1.19. The van der Waals surface area contributed by atoms with Gasteiger partial charge in [0, 0.05) is 0 Å². The largest absolute Gasteiger partial charge is 0.465 e. The monoisotopic (exact) mass is 234 g/mol. The van der Waals surface area contributed by atoms with E-state index in [2.05, 4.69) is 4.74 Å². The van der Waals surface area contributed by atoms with Crippen LogP contribution in [0, 0.1) is 0 Å². The Bertz CT molecular complexity index is 399. The Balaban J connectivity index is 3.27. The fourth-order valence-corrected chi connectivity index (χ4v) is 1.19. The Hall–Kier alpha value is -1.56. The Morgan fingerprint density at radius 2 is 2.06 bits per heavy atom. The lowest BCUT2D eigenvalue weighted by Gasteiger charge is -2.10. The minimum atomic E-state index is -4.53. The summed E-state index contributed by atoms with van der Waals surface area (Å²) in [5.74, 6) is -0.907. The third kappa shape index (κ3) is 2.52. The smallest absolute Gasteiger partial charge is 0.416 e. The van der Waals surface area contributed by atoms with Crippen LogP contribution in [0.1, 0.15) is 21.5 Å². The van der Waals surface area contributed by atoms with Crippen LogP contribution in [0.3, 0.4) is 0 Å². The number of hydrogen-bond acceptors (Lipinski definition) is 3. The van der Waals surface area contributed by atoms with Crippen molar-refractivity contribution in [1.82, 2.24) is 0 Å². The van der Waals surface area contributed by atoms with Gasteiger partial charge in [0.25, 0.3) is 0 Å². The van der Waals surface area contributed by atoms with Crippen molar-refractivity contribution in [3.05, 3.63) is 34.9 Å². The Kier molecular flexibility index (Phi) is 3.54. The maximum Gasteiger partial charge on any atom is 0.416 e. The summed E-state index contributed by atoms with van der Waals surface area (Å²) in [6.45, 7) is -0.525. The van der Waals surface area contributed by atoms with E-state index in [4.69, 9.17) is 5.11 Å². The molecule has 0 aliphatic rings. The molecule has 1 aromatic rings. The second-order valence-electron chi connectivity index (χ2n) is 3.02. The fraction of sp³-hybridized carbons (Fsp3) is 0.300. The maximum atomic E-state index is 12.4. The average molecular weight is 234 g/mol. The van der Waals surface area contributed by atoms with E-state index in [1.54, 1.807) is 0 Å². The van der Waals surface area contributed by atoms with Crippen LogP contribution < -0.4 is 0 Å². The van der Waals surface area contributed by atoms with Gasteiger partial charge in [0.15, 0.2) is 0 Å². The van der Waals surface area contributed by atoms with Crippen molar-refractivity contribution in [2.24, 2.45) is 0 Å². The molecule has 0 aliphatic carbocycles. The van der Waals surface area contributed by atoms with Crippen molar-refractivity contribution in [3.8, 4) is 0 Å². The van der Waals surface area contributed by atoms with Crippen molar-refractivity contribution in [3.63, 3.8) is 0 Å². The third-order valence-corrected chi connectivity index (χ3v) is 2.01. The van der Waals surface area contributed by atoms with Gasteiger partial charge in [-0.3, -0.25) is 0 Å². The van der Waals surface area contributed by atoms with Gasteiger partial charge in [-0.1, -0.05) is 6.07 Å². The highest BCUT2D eigenvalue weighted by Crippen LogP contribution is 2.30. The molecule has 1 N–H and O–H groups in total. The van der Waals surface area contributed by atoms with E-state index in [9.17, 15) is 18.0 Å². The molecular formula is C10H9F3O3. The molecule has 0 atom stereocenters. The maximum absolute atomic E-state index is 12.4. The minimum absolute atomic E-state index is 0.0971. The zero-order valence-electron chi connectivity index (χ0n) is 8.34. The van der Waals surface area contributed by atoms with Crippen molar-refractivity contribution < 1.29 is 27.8 Å². The first-order valence-corrected chi connectivity index (χ1v) is 4.29. The molecule has 0 heterocycles. The van der Waals surface area contributed by atoms with E-state index >= 15 is 0 Å². The van der Waals surface area contributed by atoms with Gasteiger partial charge in [0.2, 0.25) is 0 Å². The summed E-state index contributed by atoms with van der Waals surface area (Å²) in [5, 5.41) is 8.87. The normalized spacial score (nSPS) is 11.3. The summed E-state index contributed by atoms with van der Waals surface area (Å²) < 4.78 is 41.4. The molecule has 16 heavy (non-hydrogen) atoms. The van der Waals surface area contributed by atoms with Crippen LogP contribution in [0.4, 0.5) is 13.2 Å². The number of rotatable bonds is 2. The molecule has 0 spiro atoms. The molecule has 88 valence electrons. The van der Waals surface area contributed by atoms with Gasteiger partial charge < -0.3 is 9.84 Å². The second-order valence-corrected chi connectivity index (χ2v) is 3.02. The Morgan fingerprint density at radius 1 is 1.44 bits per heavy atom. The topological polar surface area (TPSA) is 46.5 Å². The highest BCUT2D eigenvalue weighted by molar-refractivity contribution is 5.91. The molecule has 0 bridgehead atoms. The lowest BCUT2D eigenvalue weighted by atomic mass is 10.0. The number of carbonyl (C=O) groups is 1. The number of esters is 1. The van der Waals surface area contributed by atoms with E-state index in [1.807, 2.05) is 0 Å². The summed E-state index contributed by atoms with van der Waals surface area (Å²) in [7, 11) is 1.06. The highest BCUT2D eigenvalue weighted by Gasteiger charge is 2.31. The number of hydrogen-bond donors (Lipinski definition) is 1. The SMILES string of the molecule is COC(=O)c1cc(C(F)(F)F)ccc1CO. The lowest BCUT2D eigenvalue weighted by Crippen LogP contribution is -2.11. The van der Waals surface area contributed by atoms with Gasteiger partial charge in [-0.25, -0.2) is 4.79 Å². The number of ether oxygens (including phenoxy) is 1. The van der Waals surface area contributed by atoms with Crippen molar-refractivity contribution in [2.45, 2.75) is 12.8 Å². The quantitative estimate of drug-likeness (QED) is 0.796. The van der Waals surface area contributed by atoms with Crippen LogP contribution in [-0.4, -0.2) is 18.2 Å². The van der Waals surface area contributed by atoms with E-state index in [1.165, 1.54) is 0 Å². The van der Waals surface area contributed by atoms with Crippen LogP contribution in [0.5, 0.6) is 0 Å². The zero-order chi connectivity index (χ0) is 12.3. The Morgan fingerprint density at radius 3 is 2.50 bits per heavy atom. The number of alkyl halides is 3. The summed E-state index contributed by atoms with van der Waals surface area (Å²) in [6.07, 6.45) is -4.53. The number of aliphatic hydroxyl groups is 1. The molecule has 0 saturated heterocycles. The van der Waals surface area contributed by atoms with Gasteiger partial charge in [0.1, 0.15) is 0 Å². The van der Waals surface area contributed by atoms with Gasteiger partial charge in [-0.15, -0.1) is 0 Å². The van der Waals surface area contributed by atoms with Crippen molar-refractivity contribution in [2.75, 3.05) is 7.11 Å². The molecule has 0 radical (unpaired) electrons. The van der Waals surface area contributed by atoms with Gasteiger partial charge in [0.05, 0.1) is 24.8 Å². The number of methoxy groups -OCH3 is 1. The highest BCUT2D eigenvalue weighted by atomic mass is 19.4. The van der Waals surface area contributed by atoms with Crippen LogP contribution >= 0.6 is 0 Å². The molecule has 0 unspecified atom stereocenters. The number of halogens is 3. The van der Waals surface area contributed by atoms with Gasteiger partial charge >= 0.3 is 12.1 Å². The van der Waals surface area contributed by atoms with Gasteiger partial charge in [-0.2, -0.15) is 13.2 Å². The third-order valence-electron chi connectivity index (χ3n) is 2.01. The van der Waals surface area contributed by atoms with E-state index in [-0.39, 0.29) is 11.1 Å². The molecule has 1 aromatic carbocycles. The molecule has 0 aromatic heterocycles. The van der Waals surface area contributed by atoms with Gasteiger partial charge in [-0.05, 0) is 17.7 Å². The van der Waals surface area contributed by atoms with Crippen molar-refractivity contribution >= 4 is 5.97 Å². The molecule has 0 fully saturated rings. The molecule has 6 heteroatoms. The average Bonchev–Trinajstić information content (AvgIpc) is 2.25. The lowest BCUT2D eigenvalue weighted by molar-refractivity contribution is -0.137. The van der Waals surface area contributed by atoms with E-state index in [0.29, 0.717) is 6.07 Å². The predicted molar refractivity (Wildman–Crippen MR) is 48.7 cm³/mol. The van der Waals surface area contributed by atoms with Crippen molar-refractivity contribution in [1.29, 1.82) is 0 Å². The minimum Gasteiger partial charge on any atom is -0.465 e. The van der Waals surface area contributed by atoms with Crippen LogP contribution in [0.25, 0.3) is 0 Å².